The normalized spacial score (nSPS) is 11.8. The molecule has 0 spiro atoms. The zero-order valence-electron chi connectivity index (χ0n) is 15.0. The van der Waals surface area contributed by atoms with Gasteiger partial charge in [-0.05, 0) is 25.1 Å². The summed E-state index contributed by atoms with van der Waals surface area (Å²) in [6.07, 6.45) is 0. The molecule has 0 radical (unpaired) electrons. The Morgan fingerprint density at radius 2 is 1.81 bits per heavy atom. The summed E-state index contributed by atoms with van der Waals surface area (Å²) >= 11 is 0. The maximum absolute atomic E-state index is 12.2. The number of rotatable bonds is 6. The highest BCUT2D eigenvalue weighted by Gasteiger charge is 2.16. The lowest BCUT2D eigenvalue weighted by molar-refractivity contribution is 0.236. The molecule has 0 aliphatic heterocycles. The van der Waals surface area contributed by atoms with Gasteiger partial charge in [-0.25, -0.2) is 4.79 Å². The van der Waals surface area contributed by atoms with Crippen molar-refractivity contribution >= 4 is 17.0 Å². The van der Waals surface area contributed by atoms with Crippen molar-refractivity contribution in [1.29, 1.82) is 0 Å². The average Bonchev–Trinajstić information content (AvgIpc) is 3.11. The van der Waals surface area contributed by atoms with Crippen molar-refractivity contribution in [3.05, 3.63) is 59.9 Å². The van der Waals surface area contributed by atoms with Gasteiger partial charge < -0.3 is 24.5 Å². The van der Waals surface area contributed by atoms with Gasteiger partial charge in [0, 0.05) is 17.5 Å². The van der Waals surface area contributed by atoms with Gasteiger partial charge in [0.15, 0.2) is 11.3 Å². The molecule has 1 aromatic heterocycles. The number of para-hydroxylation sites is 2. The number of hydrogen-bond acceptors (Lipinski definition) is 4. The third kappa shape index (κ3) is 3.74. The Kier molecular flexibility index (Phi) is 5.31. The van der Waals surface area contributed by atoms with Crippen molar-refractivity contribution in [3.63, 3.8) is 0 Å². The molecule has 136 valence electrons. The molecule has 0 aliphatic rings. The second-order valence-electron chi connectivity index (χ2n) is 5.89. The minimum Gasteiger partial charge on any atom is -0.496 e. The minimum absolute atomic E-state index is 0.282. The molecule has 6 heteroatoms. The molecule has 1 atom stereocenters. The highest BCUT2D eigenvalue weighted by molar-refractivity contribution is 5.84. The standard InChI is InChI=1S/C20H22N2O4/c1-13(18-11-14-8-6-10-17(25-3)19(14)26-18)22-20(23)21-12-15-7-4-5-9-16(15)24-2/h4-11,13H,12H2,1-3H3,(H2,21,22,23). The highest BCUT2D eigenvalue weighted by Crippen LogP contribution is 2.30. The number of benzene rings is 2. The molecule has 1 unspecified atom stereocenters. The molecule has 0 aliphatic carbocycles. The van der Waals surface area contributed by atoms with Crippen molar-refractivity contribution in [1.82, 2.24) is 10.6 Å². The van der Waals surface area contributed by atoms with Gasteiger partial charge in [-0.2, -0.15) is 0 Å². The lowest BCUT2D eigenvalue weighted by Gasteiger charge is -2.13. The first-order chi connectivity index (χ1) is 12.6. The molecule has 3 rings (SSSR count). The third-order valence-electron chi connectivity index (χ3n) is 4.15. The fraction of sp³-hybridized carbons (Fsp3) is 0.250. The Morgan fingerprint density at radius 3 is 2.58 bits per heavy atom. The topological polar surface area (TPSA) is 72.7 Å². The van der Waals surface area contributed by atoms with E-state index < -0.39 is 0 Å². The van der Waals surface area contributed by atoms with Crippen molar-refractivity contribution < 1.29 is 18.7 Å². The quantitative estimate of drug-likeness (QED) is 0.701. The summed E-state index contributed by atoms with van der Waals surface area (Å²) in [5, 5.41) is 6.64. The molecule has 0 bridgehead atoms. The van der Waals surface area contributed by atoms with Crippen LogP contribution in [-0.2, 0) is 6.54 Å². The van der Waals surface area contributed by atoms with Crippen LogP contribution in [0.25, 0.3) is 11.0 Å². The second-order valence-corrected chi connectivity index (χ2v) is 5.89. The van der Waals surface area contributed by atoms with Gasteiger partial charge in [-0.3, -0.25) is 0 Å². The summed E-state index contributed by atoms with van der Waals surface area (Å²) < 4.78 is 16.5. The van der Waals surface area contributed by atoms with Crippen molar-refractivity contribution in [3.8, 4) is 11.5 Å². The van der Waals surface area contributed by atoms with Crippen LogP contribution < -0.4 is 20.1 Å². The zero-order valence-corrected chi connectivity index (χ0v) is 15.0. The fourth-order valence-corrected chi connectivity index (χ4v) is 2.77. The van der Waals surface area contributed by atoms with Crippen LogP contribution in [0.5, 0.6) is 11.5 Å². The van der Waals surface area contributed by atoms with Crippen LogP contribution in [0.15, 0.2) is 52.9 Å². The molecule has 3 aromatic rings. The molecule has 2 aromatic carbocycles. The maximum Gasteiger partial charge on any atom is 0.315 e. The highest BCUT2D eigenvalue weighted by atomic mass is 16.5. The Labute approximate surface area is 152 Å². The number of amides is 2. The van der Waals surface area contributed by atoms with Crippen LogP contribution in [0.1, 0.15) is 24.3 Å². The molecular formula is C20H22N2O4. The van der Waals surface area contributed by atoms with Gasteiger partial charge in [0.2, 0.25) is 0 Å². The lowest BCUT2D eigenvalue weighted by Crippen LogP contribution is -2.36. The summed E-state index contributed by atoms with van der Waals surface area (Å²) in [6, 6.07) is 14.6. The van der Waals surface area contributed by atoms with Gasteiger partial charge in [0.05, 0.1) is 20.3 Å². The van der Waals surface area contributed by atoms with E-state index in [2.05, 4.69) is 10.6 Å². The first-order valence-corrected chi connectivity index (χ1v) is 8.35. The monoisotopic (exact) mass is 354 g/mol. The Bertz CT molecular complexity index is 904. The van der Waals surface area contributed by atoms with E-state index in [0.29, 0.717) is 23.6 Å². The molecule has 0 saturated heterocycles. The van der Waals surface area contributed by atoms with Gasteiger partial charge in [-0.1, -0.05) is 30.3 Å². The molecule has 6 nitrogen and oxygen atoms in total. The van der Waals surface area contributed by atoms with E-state index in [1.165, 1.54) is 0 Å². The average molecular weight is 354 g/mol. The summed E-state index contributed by atoms with van der Waals surface area (Å²) in [5.74, 6) is 2.07. The number of ether oxygens (including phenoxy) is 2. The number of urea groups is 1. The smallest absolute Gasteiger partial charge is 0.315 e. The number of carbonyl (C=O) groups is 1. The molecule has 26 heavy (non-hydrogen) atoms. The van der Waals surface area contributed by atoms with Crippen molar-refractivity contribution in [2.45, 2.75) is 19.5 Å². The molecule has 2 N–H and O–H groups in total. The maximum atomic E-state index is 12.2. The number of nitrogens with one attached hydrogen (secondary N) is 2. The number of methoxy groups -OCH3 is 2. The largest absolute Gasteiger partial charge is 0.496 e. The predicted molar refractivity (Wildman–Crippen MR) is 99.5 cm³/mol. The first-order valence-electron chi connectivity index (χ1n) is 8.35. The lowest BCUT2D eigenvalue weighted by atomic mass is 10.2. The van der Waals surface area contributed by atoms with Crippen LogP contribution in [0.3, 0.4) is 0 Å². The van der Waals surface area contributed by atoms with Crippen LogP contribution in [0.4, 0.5) is 4.79 Å². The van der Waals surface area contributed by atoms with Crippen molar-refractivity contribution in [2.24, 2.45) is 0 Å². The minimum atomic E-state index is -0.287. The Balaban J connectivity index is 1.64. The van der Waals surface area contributed by atoms with Gasteiger partial charge in [0.25, 0.3) is 0 Å². The number of carbonyl (C=O) groups excluding carboxylic acids is 1. The fourth-order valence-electron chi connectivity index (χ4n) is 2.77. The summed E-state index contributed by atoms with van der Waals surface area (Å²) in [4.78, 5) is 12.2. The van der Waals surface area contributed by atoms with Gasteiger partial charge >= 0.3 is 6.03 Å². The van der Waals surface area contributed by atoms with E-state index in [0.717, 1.165) is 16.7 Å². The van der Waals surface area contributed by atoms with Crippen LogP contribution in [-0.4, -0.2) is 20.3 Å². The molecule has 1 heterocycles. The molecule has 0 saturated carbocycles. The van der Waals surface area contributed by atoms with Crippen molar-refractivity contribution in [2.75, 3.05) is 14.2 Å². The van der Waals surface area contributed by atoms with Gasteiger partial charge in [0.1, 0.15) is 11.5 Å². The summed E-state index contributed by atoms with van der Waals surface area (Å²) in [5.41, 5.74) is 1.58. The molecular weight excluding hydrogens is 332 g/mol. The van der Waals surface area contributed by atoms with E-state index in [1.807, 2.05) is 55.5 Å². The van der Waals surface area contributed by atoms with E-state index in [1.54, 1.807) is 14.2 Å². The van der Waals surface area contributed by atoms with Crippen LogP contribution in [0, 0.1) is 0 Å². The SMILES string of the molecule is COc1ccccc1CNC(=O)NC(C)c1cc2cccc(OC)c2o1. The van der Waals surface area contributed by atoms with E-state index >= 15 is 0 Å². The predicted octanol–water partition coefficient (Wildman–Crippen LogP) is 4.01. The second kappa shape index (κ2) is 7.82. The zero-order chi connectivity index (χ0) is 18.5. The van der Waals surface area contributed by atoms with E-state index in [-0.39, 0.29) is 12.1 Å². The van der Waals surface area contributed by atoms with E-state index in [9.17, 15) is 4.79 Å². The Morgan fingerprint density at radius 1 is 1.08 bits per heavy atom. The van der Waals surface area contributed by atoms with Crippen LogP contribution >= 0.6 is 0 Å². The Hall–Kier alpha value is -3.15. The first kappa shape index (κ1) is 17.7. The molecule has 0 fully saturated rings. The number of hydrogen-bond donors (Lipinski definition) is 2. The summed E-state index contributed by atoms with van der Waals surface area (Å²) in [6.45, 7) is 2.24. The van der Waals surface area contributed by atoms with Gasteiger partial charge in [-0.15, -0.1) is 0 Å². The number of furan rings is 1. The van der Waals surface area contributed by atoms with E-state index in [4.69, 9.17) is 13.9 Å². The number of fused-ring (bicyclic) bond motifs is 1. The summed E-state index contributed by atoms with van der Waals surface area (Å²) in [7, 11) is 3.21. The van der Waals surface area contributed by atoms with Crippen LogP contribution in [0.2, 0.25) is 0 Å². The third-order valence-corrected chi connectivity index (χ3v) is 4.15. The molecule has 2 amide bonds.